The number of hydrogen-bond donors (Lipinski definition) is 1. The second kappa shape index (κ2) is 4.95. The van der Waals surface area contributed by atoms with Crippen LogP contribution in [0, 0.1) is 27.7 Å². The normalized spacial score (nSPS) is 12.5. The Hall–Kier alpha value is -1.60. The standard InChI is InChI=1S/C17H20O/c1-11-8-9-15(10-13(11)3)17(18)16-7-5-6-12(2)14(16)4/h5-10,17-18H,1-4H3/t17-/m1/s1. The van der Waals surface area contributed by atoms with Crippen LogP contribution in [0.2, 0.25) is 0 Å². The minimum atomic E-state index is -0.538. The van der Waals surface area contributed by atoms with Gasteiger partial charge in [0, 0.05) is 0 Å². The van der Waals surface area contributed by atoms with Gasteiger partial charge in [0.05, 0.1) is 0 Å². The Kier molecular flexibility index (Phi) is 3.53. The smallest absolute Gasteiger partial charge is 0.104 e. The zero-order valence-corrected chi connectivity index (χ0v) is 11.5. The third-order valence-corrected chi connectivity index (χ3v) is 3.79. The molecule has 1 atom stereocenters. The molecular formula is C17H20O. The first-order valence-corrected chi connectivity index (χ1v) is 6.32. The zero-order chi connectivity index (χ0) is 13.3. The van der Waals surface area contributed by atoms with Crippen molar-refractivity contribution in [2.45, 2.75) is 33.8 Å². The van der Waals surface area contributed by atoms with E-state index in [1.54, 1.807) is 0 Å². The van der Waals surface area contributed by atoms with Crippen LogP contribution in [-0.2, 0) is 0 Å². The van der Waals surface area contributed by atoms with Gasteiger partial charge in [-0.25, -0.2) is 0 Å². The number of aliphatic hydroxyl groups excluding tert-OH is 1. The van der Waals surface area contributed by atoms with Crippen LogP contribution in [0.5, 0.6) is 0 Å². The van der Waals surface area contributed by atoms with Gasteiger partial charge >= 0.3 is 0 Å². The van der Waals surface area contributed by atoms with Gasteiger partial charge in [0.1, 0.15) is 6.10 Å². The average Bonchev–Trinajstić information content (AvgIpc) is 2.35. The molecule has 0 bridgehead atoms. The van der Waals surface area contributed by atoms with Crippen molar-refractivity contribution >= 4 is 0 Å². The van der Waals surface area contributed by atoms with Crippen molar-refractivity contribution in [2.75, 3.05) is 0 Å². The van der Waals surface area contributed by atoms with E-state index in [9.17, 15) is 5.11 Å². The van der Waals surface area contributed by atoms with Crippen molar-refractivity contribution in [3.05, 3.63) is 69.8 Å². The molecule has 0 aliphatic rings. The number of aliphatic hydroxyl groups is 1. The van der Waals surface area contributed by atoms with Crippen LogP contribution >= 0.6 is 0 Å². The van der Waals surface area contributed by atoms with E-state index >= 15 is 0 Å². The molecule has 0 radical (unpaired) electrons. The Bertz CT molecular complexity index is 570. The molecule has 0 amide bonds. The second-order valence-corrected chi connectivity index (χ2v) is 5.04. The van der Waals surface area contributed by atoms with Crippen LogP contribution in [0.4, 0.5) is 0 Å². The molecule has 0 spiro atoms. The lowest BCUT2D eigenvalue weighted by molar-refractivity contribution is 0.219. The van der Waals surface area contributed by atoms with Crippen LogP contribution in [0.3, 0.4) is 0 Å². The quantitative estimate of drug-likeness (QED) is 0.841. The Morgan fingerprint density at radius 3 is 2.22 bits per heavy atom. The molecule has 0 fully saturated rings. The van der Waals surface area contributed by atoms with E-state index in [0.717, 1.165) is 11.1 Å². The van der Waals surface area contributed by atoms with Gasteiger partial charge in [-0.1, -0.05) is 36.4 Å². The maximum absolute atomic E-state index is 10.5. The van der Waals surface area contributed by atoms with E-state index in [0.29, 0.717) is 0 Å². The predicted molar refractivity (Wildman–Crippen MR) is 75.9 cm³/mol. The summed E-state index contributed by atoms with van der Waals surface area (Å²) in [6.07, 6.45) is -0.538. The minimum Gasteiger partial charge on any atom is -0.384 e. The Morgan fingerprint density at radius 1 is 0.833 bits per heavy atom. The largest absolute Gasteiger partial charge is 0.384 e. The average molecular weight is 240 g/mol. The van der Waals surface area contributed by atoms with Gasteiger partial charge in [0.15, 0.2) is 0 Å². The topological polar surface area (TPSA) is 20.2 Å². The van der Waals surface area contributed by atoms with Crippen LogP contribution < -0.4 is 0 Å². The van der Waals surface area contributed by atoms with Crippen LogP contribution in [-0.4, -0.2) is 5.11 Å². The van der Waals surface area contributed by atoms with Gasteiger partial charge in [0.2, 0.25) is 0 Å². The molecule has 2 aromatic carbocycles. The SMILES string of the molecule is Cc1ccc([C@@H](O)c2cccc(C)c2C)cc1C. The van der Waals surface area contributed by atoms with E-state index in [1.165, 1.54) is 22.3 Å². The van der Waals surface area contributed by atoms with Crippen molar-refractivity contribution in [1.29, 1.82) is 0 Å². The molecule has 0 heterocycles. The fourth-order valence-corrected chi connectivity index (χ4v) is 2.18. The Balaban J connectivity index is 2.44. The molecule has 94 valence electrons. The lowest BCUT2D eigenvalue weighted by Crippen LogP contribution is -2.03. The summed E-state index contributed by atoms with van der Waals surface area (Å²) in [5.74, 6) is 0. The van der Waals surface area contributed by atoms with Crippen molar-refractivity contribution in [1.82, 2.24) is 0 Å². The summed E-state index contributed by atoms with van der Waals surface area (Å²) >= 11 is 0. The van der Waals surface area contributed by atoms with E-state index in [4.69, 9.17) is 0 Å². The van der Waals surface area contributed by atoms with Gasteiger partial charge in [-0.2, -0.15) is 0 Å². The maximum Gasteiger partial charge on any atom is 0.104 e. The van der Waals surface area contributed by atoms with E-state index in [2.05, 4.69) is 45.9 Å². The maximum atomic E-state index is 10.5. The van der Waals surface area contributed by atoms with Crippen molar-refractivity contribution in [2.24, 2.45) is 0 Å². The number of aryl methyl sites for hydroxylation is 3. The van der Waals surface area contributed by atoms with E-state index < -0.39 is 6.10 Å². The summed E-state index contributed by atoms with van der Waals surface area (Å²) in [6.45, 7) is 8.30. The molecule has 18 heavy (non-hydrogen) atoms. The number of benzene rings is 2. The molecule has 1 N–H and O–H groups in total. The molecule has 2 rings (SSSR count). The first-order valence-electron chi connectivity index (χ1n) is 6.32. The summed E-state index contributed by atoms with van der Waals surface area (Å²) in [4.78, 5) is 0. The first-order chi connectivity index (χ1) is 8.50. The van der Waals surface area contributed by atoms with Gasteiger partial charge in [-0.3, -0.25) is 0 Å². The van der Waals surface area contributed by atoms with Gasteiger partial charge in [-0.05, 0) is 61.1 Å². The summed E-state index contributed by atoms with van der Waals surface area (Å²) in [7, 11) is 0. The van der Waals surface area contributed by atoms with Crippen molar-refractivity contribution in [3.8, 4) is 0 Å². The molecule has 0 saturated heterocycles. The highest BCUT2D eigenvalue weighted by Gasteiger charge is 2.14. The summed E-state index contributed by atoms with van der Waals surface area (Å²) < 4.78 is 0. The van der Waals surface area contributed by atoms with E-state index in [-0.39, 0.29) is 0 Å². The predicted octanol–water partition coefficient (Wildman–Crippen LogP) is 4.00. The van der Waals surface area contributed by atoms with Crippen LogP contribution in [0.1, 0.15) is 39.5 Å². The van der Waals surface area contributed by atoms with E-state index in [1.807, 2.05) is 18.2 Å². The third-order valence-electron chi connectivity index (χ3n) is 3.79. The highest BCUT2D eigenvalue weighted by molar-refractivity contribution is 5.41. The highest BCUT2D eigenvalue weighted by atomic mass is 16.3. The van der Waals surface area contributed by atoms with Crippen LogP contribution in [0.25, 0.3) is 0 Å². The van der Waals surface area contributed by atoms with Crippen molar-refractivity contribution < 1.29 is 5.11 Å². The molecule has 0 aromatic heterocycles. The van der Waals surface area contributed by atoms with Crippen LogP contribution in [0.15, 0.2) is 36.4 Å². The summed E-state index contributed by atoms with van der Waals surface area (Å²) in [6, 6.07) is 12.2. The molecule has 1 heteroatoms. The van der Waals surface area contributed by atoms with Crippen molar-refractivity contribution in [3.63, 3.8) is 0 Å². The molecule has 1 nitrogen and oxygen atoms in total. The zero-order valence-electron chi connectivity index (χ0n) is 11.5. The van der Waals surface area contributed by atoms with Gasteiger partial charge < -0.3 is 5.11 Å². The summed E-state index contributed by atoms with van der Waals surface area (Å²) in [5.41, 5.74) is 6.83. The molecular weight excluding hydrogens is 220 g/mol. The Labute approximate surface area is 109 Å². The minimum absolute atomic E-state index is 0.538. The number of rotatable bonds is 2. The molecule has 0 aliphatic heterocycles. The van der Waals surface area contributed by atoms with Gasteiger partial charge in [-0.15, -0.1) is 0 Å². The Morgan fingerprint density at radius 2 is 1.56 bits per heavy atom. The molecule has 0 unspecified atom stereocenters. The lowest BCUT2D eigenvalue weighted by atomic mass is 9.93. The second-order valence-electron chi connectivity index (χ2n) is 5.04. The lowest BCUT2D eigenvalue weighted by Gasteiger charge is -2.16. The molecule has 0 saturated carbocycles. The highest BCUT2D eigenvalue weighted by Crippen LogP contribution is 2.27. The van der Waals surface area contributed by atoms with Gasteiger partial charge in [0.25, 0.3) is 0 Å². The first kappa shape index (κ1) is 12.8. The molecule has 2 aromatic rings. The molecule has 0 aliphatic carbocycles. The summed E-state index contributed by atoms with van der Waals surface area (Å²) in [5, 5.41) is 10.5. The monoisotopic (exact) mass is 240 g/mol. The fourth-order valence-electron chi connectivity index (χ4n) is 2.18. The third kappa shape index (κ3) is 2.32. The fraction of sp³-hybridized carbons (Fsp3) is 0.294. The number of hydrogen-bond acceptors (Lipinski definition) is 1.